The third kappa shape index (κ3) is 2.53. The first-order chi connectivity index (χ1) is 9.63. The molecule has 4 nitrogen and oxygen atoms in total. The Labute approximate surface area is 124 Å². The maximum absolute atomic E-state index is 11.1. The van der Waals surface area contributed by atoms with Crippen molar-refractivity contribution >= 4 is 40.0 Å². The normalized spacial score (nSPS) is 10.9. The number of H-pyrrole nitrogens is 1. The van der Waals surface area contributed by atoms with Gasteiger partial charge in [-0.05, 0) is 29.8 Å². The number of aromatic amines is 1. The molecule has 2 aromatic carbocycles. The van der Waals surface area contributed by atoms with Crippen LogP contribution in [-0.2, 0) is 6.54 Å². The number of halogens is 2. The van der Waals surface area contributed by atoms with E-state index in [2.05, 4.69) is 10.3 Å². The van der Waals surface area contributed by atoms with Crippen LogP contribution in [0, 0.1) is 0 Å². The van der Waals surface area contributed by atoms with Crippen molar-refractivity contribution in [2.75, 3.05) is 5.32 Å². The molecule has 1 aromatic heterocycles. The SMILES string of the molecule is O=c1[nH]c2cc(NCc3cccc(Cl)c3Cl)ccc2o1. The molecular weight excluding hydrogens is 299 g/mol. The summed E-state index contributed by atoms with van der Waals surface area (Å²) in [7, 11) is 0. The van der Waals surface area contributed by atoms with Crippen LogP contribution in [0.1, 0.15) is 5.56 Å². The average molecular weight is 309 g/mol. The molecule has 0 amide bonds. The molecule has 0 aliphatic rings. The van der Waals surface area contributed by atoms with Gasteiger partial charge in [-0.2, -0.15) is 0 Å². The second kappa shape index (κ2) is 5.23. The van der Waals surface area contributed by atoms with Crippen molar-refractivity contribution < 1.29 is 4.42 Å². The highest BCUT2D eigenvalue weighted by Gasteiger charge is 2.05. The molecule has 0 aliphatic carbocycles. The van der Waals surface area contributed by atoms with Crippen molar-refractivity contribution in [2.45, 2.75) is 6.54 Å². The minimum absolute atomic E-state index is 0.463. The van der Waals surface area contributed by atoms with E-state index < -0.39 is 5.76 Å². The van der Waals surface area contributed by atoms with Gasteiger partial charge in [-0.3, -0.25) is 4.98 Å². The van der Waals surface area contributed by atoms with Gasteiger partial charge in [-0.1, -0.05) is 35.3 Å². The van der Waals surface area contributed by atoms with Gasteiger partial charge in [0.15, 0.2) is 5.58 Å². The Morgan fingerprint density at radius 1 is 1.20 bits per heavy atom. The maximum atomic E-state index is 11.1. The Hall–Kier alpha value is -1.91. The molecule has 6 heteroatoms. The van der Waals surface area contributed by atoms with Crippen molar-refractivity contribution in [1.29, 1.82) is 0 Å². The predicted octanol–water partition coefficient (Wildman–Crippen LogP) is 4.04. The van der Waals surface area contributed by atoms with Gasteiger partial charge in [0.2, 0.25) is 0 Å². The minimum atomic E-state index is -0.463. The second-order valence-electron chi connectivity index (χ2n) is 4.29. The number of rotatable bonds is 3. The van der Waals surface area contributed by atoms with E-state index in [0.717, 1.165) is 11.3 Å². The molecule has 3 aromatic rings. The summed E-state index contributed by atoms with van der Waals surface area (Å²) < 4.78 is 4.94. The lowest BCUT2D eigenvalue weighted by molar-refractivity contribution is 0.555. The van der Waals surface area contributed by atoms with Crippen molar-refractivity contribution in [3.63, 3.8) is 0 Å². The number of hydrogen-bond donors (Lipinski definition) is 2. The summed E-state index contributed by atoms with van der Waals surface area (Å²) in [6.07, 6.45) is 0. The molecule has 0 fully saturated rings. The van der Waals surface area contributed by atoms with E-state index in [4.69, 9.17) is 27.6 Å². The number of hydrogen-bond acceptors (Lipinski definition) is 3. The summed E-state index contributed by atoms with van der Waals surface area (Å²) in [5, 5.41) is 4.29. The molecular formula is C14H10Cl2N2O2. The minimum Gasteiger partial charge on any atom is -0.408 e. The maximum Gasteiger partial charge on any atom is 0.417 e. The number of anilines is 1. The Kier molecular flexibility index (Phi) is 3.42. The fourth-order valence-electron chi connectivity index (χ4n) is 1.94. The molecule has 1 heterocycles. The summed E-state index contributed by atoms with van der Waals surface area (Å²) in [5.74, 6) is -0.463. The van der Waals surface area contributed by atoms with E-state index in [1.165, 1.54) is 0 Å². The first-order valence-electron chi connectivity index (χ1n) is 5.93. The summed E-state index contributed by atoms with van der Waals surface area (Å²) >= 11 is 12.1. The van der Waals surface area contributed by atoms with Crippen LogP contribution in [-0.4, -0.2) is 4.98 Å². The predicted molar refractivity (Wildman–Crippen MR) is 80.6 cm³/mol. The summed E-state index contributed by atoms with van der Waals surface area (Å²) in [4.78, 5) is 13.7. The topological polar surface area (TPSA) is 58.0 Å². The van der Waals surface area contributed by atoms with Gasteiger partial charge in [0, 0.05) is 12.2 Å². The summed E-state index contributed by atoms with van der Waals surface area (Å²) in [6.45, 7) is 0.535. The van der Waals surface area contributed by atoms with E-state index in [9.17, 15) is 4.79 Å². The number of oxazole rings is 1. The van der Waals surface area contributed by atoms with Gasteiger partial charge in [0.1, 0.15) is 0 Å². The molecule has 0 unspecified atom stereocenters. The molecule has 0 aliphatic heterocycles. The lowest BCUT2D eigenvalue weighted by Gasteiger charge is -2.08. The Bertz CT molecular complexity index is 823. The van der Waals surface area contributed by atoms with E-state index >= 15 is 0 Å². The first kappa shape index (κ1) is 13.1. The quantitative estimate of drug-likeness (QED) is 0.767. The van der Waals surface area contributed by atoms with Crippen molar-refractivity contribution in [3.8, 4) is 0 Å². The molecule has 3 rings (SSSR count). The highest BCUT2D eigenvalue weighted by Crippen LogP contribution is 2.26. The van der Waals surface area contributed by atoms with Crippen LogP contribution in [0.5, 0.6) is 0 Å². The van der Waals surface area contributed by atoms with Crippen LogP contribution < -0.4 is 11.1 Å². The largest absolute Gasteiger partial charge is 0.417 e. The highest BCUT2D eigenvalue weighted by molar-refractivity contribution is 6.42. The van der Waals surface area contributed by atoms with Crippen LogP contribution in [0.2, 0.25) is 10.0 Å². The van der Waals surface area contributed by atoms with E-state index in [-0.39, 0.29) is 0 Å². The van der Waals surface area contributed by atoms with Crippen LogP contribution in [0.25, 0.3) is 11.1 Å². The van der Waals surface area contributed by atoms with Crippen molar-refractivity contribution in [2.24, 2.45) is 0 Å². The third-order valence-electron chi connectivity index (χ3n) is 2.93. The second-order valence-corrected chi connectivity index (χ2v) is 5.08. The van der Waals surface area contributed by atoms with E-state index in [1.807, 2.05) is 18.2 Å². The number of aromatic nitrogens is 1. The molecule has 0 atom stereocenters. The van der Waals surface area contributed by atoms with Gasteiger partial charge >= 0.3 is 5.76 Å². The first-order valence-corrected chi connectivity index (χ1v) is 6.69. The Balaban J connectivity index is 1.82. The standard InChI is InChI=1S/C14H10Cl2N2O2/c15-10-3-1-2-8(13(10)16)7-17-9-4-5-12-11(6-9)18-14(19)20-12/h1-6,17H,7H2,(H,18,19). The molecule has 0 radical (unpaired) electrons. The monoisotopic (exact) mass is 308 g/mol. The zero-order valence-electron chi connectivity index (χ0n) is 10.2. The zero-order chi connectivity index (χ0) is 14.1. The van der Waals surface area contributed by atoms with Gasteiger partial charge in [-0.15, -0.1) is 0 Å². The fourth-order valence-corrected chi connectivity index (χ4v) is 2.33. The van der Waals surface area contributed by atoms with E-state index in [1.54, 1.807) is 18.2 Å². The highest BCUT2D eigenvalue weighted by atomic mass is 35.5. The van der Waals surface area contributed by atoms with Crippen LogP contribution >= 0.6 is 23.2 Å². The summed E-state index contributed by atoms with van der Waals surface area (Å²) in [6, 6.07) is 10.9. The average Bonchev–Trinajstić information content (AvgIpc) is 2.79. The molecule has 102 valence electrons. The van der Waals surface area contributed by atoms with E-state index in [0.29, 0.717) is 27.7 Å². The van der Waals surface area contributed by atoms with Crippen LogP contribution in [0.3, 0.4) is 0 Å². The molecule has 20 heavy (non-hydrogen) atoms. The lowest BCUT2D eigenvalue weighted by Crippen LogP contribution is -2.00. The zero-order valence-corrected chi connectivity index (χ0v) is 11.8. The van der Waals surface area contributed by atoms with Crippen LogP contribution in [0.4, 0.5) is 5.69 Å². The van der Waals surface area contributed by atoms with Crippen molar-refractivity contribution in [3.05, 3.63) is 62.6 Å². The summed E-state index contributed by atoms with van der Waals surface area (Å²) in [5.41, 5.74) is 2.93. The van der Waals surface area contributed by atoms with Crippen LogP contribution in [0.15, 0.2) is 45.6 Å². The number of benzene rings is 2. The number of nitrogens with one attached hydrogen (secondary N) is 2. The van der Waals surface area contributed by atoms with Gasteiger partial charge in [0.05, 0.1) is 15.6 Å². The smallest absolute Gasteiger partial charge is 0.408 e. The number of fused-ring (bicyclic) bond motifs is 1. The Morgan fingerprint density at radius 3 is 2.90 bits per heavy atom. The molecule has 0 saturated heterocycles. The van der Waals surface area contributed by atoms with Gasteiger partial charge in [0.25, 0.3) is 0 Å². The van der Waals surface area contributed by atoms with Gasteiger partial charge in [-0.25, -0.2) is 4.79 Å². The molecule has 0 spiro atoms. The molecule has 0 saturated carbocycles. The third-order valence-corrected chi connectivity index (χ3v) is 3.79. The van der Waals surface area contributed by atoms with Crippen molar-refractivity contribution in [1.82, 2.24) is 4.98 Å². The Morgan fingerprint density at radius 2 is 2.05 bits per heavy atom. The molecule has 2 N–H and O–H groups in total. The molecule has 0 bridgehead atoms. The fraction of sp³-hybridized carbons (Fsp3) is 0.0714. The van der Waals surface area contributed by atoms with Gasteiger partial charge < -0.3 is 9.73 Å². The lowest BCUT2D eigenvalue weighted by atomic mass is 10.2.